The molecule has 9 nitrogen and oxygen atoms in total. The lowest BCUT2D eigenvalue weighted by atomic mass is 9.95. The van der Waals surface area contributed by atoms with Gasteiger partial charge in [-0.05, 0) is 50.6 Å². The van der Waals surface area contributed by atoms with Crippen molar-refractivity contribution in [3.05, 3.63) is 84.2 Å². The fraction of sp³-hybridized carbons (Fsp3) is 0.276. The number of ether oxygens (including phenoxy) is 4. The maximum absolute atomic E-state index is 14.0. The number of aromatic nitrogens is 2. The van der Waals surface area contributed by atoms with Gasteiger partial charge < -0.3 is 23.9 Å². The summed E-state index contributed by atoms with van der Waals surface area (Å²) in [5.41, 5.74) is 3.95. The van der Waals surface area contributed by atoms with Gasteiger partial charge in [-0.25, -0.2) is 9.79 Å². The van der Waals surface area contributed by atoms with E-state index in [1.807, 2.05) is 37.3 Å². The predicted octanol–water partition coefficient (Wildman–Crippen LogP) is 3.61. The van der Waals surface area contributed by atoms with Gasteiger partial charge in [0.15, 0.2) is 16.3 Å². The molecule has 1 atom stereocenters. The molecule has 39 heavy (non-hydrogen) atoms. The summed E-state index contributed by atoms with van der Waals surface area (Å²) < 4.78 is 24.1. The second kappa shape index (κ2) is 10.5. The summed E-state index contributed by atoms with van der Waals surface area (Å²) in [6.07, 6.45) is 1.88. The summed E-state index contributed by atoms with van der Waals surface area (Å²) in [7, 11) is 4.55. The van der Waals surface area contributed by atoms with Crippen molar-refractivity contribution in [3.8, 4) is 17.2 Å². The maximum Gasteiger partial charge on any atom is 0.338 e. The lowest BCUT2D eigenvalue weighted by molar-refractivity contribution is -0.139. The lowest BCUT2D eigenvalue weighted by Crippen LogP contribution is -2.40. The number of nitrogens with one attached hydrogen (secondary N) is 1. The quantitative estimate of drug-likeness (QED) is 0.355. The van der Waals surface area contributed by atoms with Crippen molar-refractivity contribution < 1.29 is 23.7 Å². The van der Waals surface area contributed by atoms with E-state index in [4.69, 9.17) is 18.9 Å². The molecule has 0 amide bonds. The molecule has 10 heteroatoms. The van der Waals surface area contributed by atoms with Crippen LogP contribution >= 0.6 is 11.3 Å². The third-order valence-electron chi connectivity index (χ3n) is 6.74. The highest BCUT2D eigenvalue weighted by atomic mass is 32.1. The predicted molar refractivity (Wildman–Crippen MR) is 150 cm³/mol. The number of aryl methyl sites for hydroxylation is 1. The van der Waals surface area contributed by atoms with Gasteiger partial charge in [0.05, 0.1) is 49.8 Å². The average molecular weight is 548 g/mol. The average Bonchev–Trinajstić information content (AvgIpc) is 3.42. The number of methoxy groups -OCH3 is 3. The van der Waals surface area contributed by atoms with Gasteiger partial charge in [0.1, 0.15) is 0 Å². The first-order chi connectivity index (χ1) is 18.8. The van der Waals surface area contributed by atoms with E-state index >= 15 is 0 Å². The molecule has 4 aromatic rings. The number of esters is 1. The number of benzene rings is 2. The minimum absolute atomic E-state index is 0.182. The smallest absolute Gasteiger partial charge is 0.338 e. The first-order valence-electron chi connectivity index (χ1n) is 12.4. The van der Waals surface area contributed by atoms with Gasteiger partial charge in [0.25, 0.3) is 5.56 Å². The van der Waals surface area contributed by atoms with Crippen LogP contribution in [0.4, 0.5) is 0 Å². The number of allylic oxidation sites excluding steroid dienone is 1. The number of carbonyl (C=O) groups excluding carboxylic acids is 1. The first-order valence-corrected chi connectivity index (χ1v) is 13.2. The Morgan fingerprint density at radius 3 is 2.44 bits per heavy atom. The zero-order valence-electron chi connectivity index (χ0n) is 22.6. The summed E-state index contributed by atoms with van der Waals surface area (Å²) in [6.45, 7) is 5.64. The minimum atomic E-state index is -0.819. The van der Waals surface area contributed by atoms with Gasteiger partial charge in [-0.15, -0.1) is 0 Å². The minimum Gasteiger partial charge on any atom is -0.493 e. The molecule has 0 unspecified atom stereocenters. The molecule has 0 bridgehead atoms. The van der Waals surface area contributed by atoms with E-state index in [-0.39, 0.29) is 17.7 Å². The third-order valence-corrected chi connectivity index (χ3v) is 7.72. The molecular formula is C29H29N3O6S. The van der Waals surface area contributed by atoms with Gasteiger partial charge in [-0.2, -0.15) is 0 Å². The largest absolute Gasteiger partial charge is 0.493 e. The van der Waals surface area contributed by atoms with Crippen molar-refractivity contribution >= 4 is 34.3 Å². The van der Waals surface area contributed by atoms with Gasteiger partial charge in [0, 0.05) is 22.2 Å². The van der Waals surface area contributed by atoms with Crippen LogP contribution in [0.15, 0.2) is 57.5 Å². The molecule has 202 valence electrons. The van der Waals surface area contributed by atoms with Crippen LogP contribution in [-0.2, 0) is 9.53 Å². The van der Waals surface area contributed by atoms with E-state index in [1.165, 1.54) is 32.7 Å². The number of hydrogen-bond acceptors (Lipinski definition) is 8. The van der Waals surface area contributed by atoms with E-state index in [9.17, 15) is 9.59 Å². The number of H-pyrrole nitrogens is 1. The fourth-order valence-electron chi connectivity index (χ4n) is 4.98. The van der Waals surface area contributed by atoms with Crippen molar-refractivity contribution in [2.45, 2.75) is 26.8 Å². The summed E-state index contributed by atoms with van der Waals surface area (Å²) in [5, 5.41) is 1.02. The van der Waals surface area contributed by atoms with Crippen molar-refractivity contribution in [2.24, 2.45) is 4.99 Å². The number of para-hydroxylation sites is 1. The molecule has 1 N–H and O–H groups in total. The van der Waals surface area contributed by atoms with Gasteiger partial charge in [-0.3, -0.25) is 9.36 Å². The molecule has 0 saturated carbocycles. The molecule has 1 aliphatic heterocycles. The number of aromatic amines is 1. The Kier molecular flexibility index (Phi) is 7.05. The van der Waals surface area contributed by atoms with Gasteiger partial charge >= 0.3 is 5.97 Å². The maximum atomic E-state index is 14.0. The van der Waals surface area contributed by atoms with Crippen molar-refractivity contribution in [1.82, 2.24) is 9.55 Å². The Labute approximate surface area is 228 Å². The highest BCUT2D eigenvalue weighted by Gasteiger charge is 2.34. The summed E-state index contributed by atoms with van der Waals surface area (Å²) in [4.78, 5) is 35.8. The number of rotatable bonds is 7. The standard InChI is InChI=1S/C29H29N3O6S/c1-7-38-28(34)24-16(3)31-29-32(25(24)17-12-21(35-4)26(37-6)22(13-17)36-5)27(33)23(39-29)14-19-15(2)30-20-11-9-8-10-18(19)20/h8-14,25,30H,7H2,1-6H3/t25-/m0/s1. The molecule has 0 radical (unpaired) electrons. The van der Waals surface area contributed by atoms with Gasteiger partial charge in [-0.1, -0.05) is 29.5 Å². The van der Waals surface area contributed by atoms with Gasteiger partial charge in [0.2, 0.25) is 5.75 Å². The summed E-state index contributed by atoms with van der Waals surface area (Å²) in [5.74, 6) is 0.672. The topological polar surface area (TPSA) is 104 Å². The fourth-order valence-corrected chi connectivity index (χ4v) is 6.01. The van der Waals surface area contributed by atoms with Crippen molar-refractivity contribution in [1.29, 1.82) is 0 Å². The Balaban J connectivity index is 1.80. The number of nitrogens with zero attached hydrogens (tertiary/aromatic N) is 2. The van der Waals surface area contributed by atoms with Crippen LogP contribution in [0.25, 0.3) is 17.0 Å². The van der Waals surface area contributed by atoms with Crippen LogP contribution < -0.4 is 29.1 Å². The first kappa shape index (κ1) is 26.3. The van der Waals surface area contributed by atoms with Crippen LogP contribution in [0.5, 0.6) is 17.2 Å². The summed E-state index contributed by atoms with van der Waals surface area (Å²) >= 11 is 1.28. The highest BCUT2D eigenvalue weighted by Crippen LogP contribution is 2.42. The number of carbonyl (C=O) groups is 1. The molecule has 0 aliphatic carbocycles. The molecule has 5 rings (SSSR count). The second-order valence-corrected chi connectivity index (χ2v) is 9.98. The SMILES string of the molecule is CCOC(=O)C1=C(C)N=c2sc(=Cc3c(C)[nH]c4ccccc34)c(=O)n2[C@H]1c1cc(OC)c(OC)c(OC)c1. The van der Waals surface area contributed by atoms with Crippen molar-refractivity contribution in [3.63, 3.8) is 0 Å². The normalized spacial score (nSPS) is 15.2. The number of fused-ring (bicyclic) bond motifs is 2. The lowest BCUT2D eigenvalue weighted by Gasteiger charge is -2.26. The highest BCUT2D eigenvalue weighted by molar-refractivity contribution is 7.07. The van der Waals surface area contributed by atoms with Crippen LogP contribution in [0.2, 0.25) is 0 Å². The van der Waals surface area contributed by atoms with E-state index in [0.29, 0.717) is 37.8 Å². The zero-order valence-corrected chi connectivity index (χ0v) is 23.4. The molecule has 1 aliphatic rings. The van der Waals surface area contributed by atoms with Crippen molar-refractivity contribution in [2.75, 3.05) is 27.9 Å². The van der Waals surface area contributed by atoms with E-state index in [2.05, 4.69) is 9.98 Å². The molecule has 0 fully saturated rings. The molecule has 2 aromatic carbocycles. The van der Waals surface area contributed by atoms with E-state index in [1.54, 1.807) is 30.5 Å². The van der Waals surface area contributed by atoms with Crippen LogP contribution in [0.3, 0.4) is 0 Å². The number of hydrogen-bond donors (Lipinski definition) is 1. The molecule has 3 heterocycles. The molecule has 0 saturated heterocycles. The zero-order chi connectivity index (χ0) is 27.8. The summed E-state index contributed by atoms with van der Waals surface area (Å²) in [6, 6.07) is 10.6. The molecule has 2 aromatic heterocycles. The van der Waals surface area contributed by atoms with Crippen LogP contribution in [0.1, 0.15) is 36.7 Å². The Morgan fingerprint density at radius 1 is 1.10 bits per heavy atom. The van der Waals surface area contributed by atoms with Crippen LogP contribution in [0, 0.1) is 6.92 Å². The second-order valence-electron chi connectivity index (χ2n) is 8.97. The van der Waals surface area contributed by atoms with Crippen LogP contribution in [-0.4, -0.2) is 43.5 Å². The Hall–Kier alpha value is -4.31. The Morgan fingerprint density at radius 2 is 1.79 bits per heavy atom. The molecule has 0 spiro atoms. The van der Waals surface area contributed by atoms with E-state index in [0.717, 1.165) is 22.2 Å². The monoisotopic (exact) mass is 547 g/mol. The number of thiazole rings is 1. The molecular weight excluding hydrogens is 518 g/mol. The third kappa shape index (κ3) is 4.40. The Bertz CT molecular complexity index is 1790. The van der Waals surface area contributed by atoms with E-state index < -0.39 is 12.0 Å².